The summed E-state index contributed by atoms with van der Waals surface area (Å²) >= 11 is 0. The van der Waals surface area contributed by atoms with E-state index in [2.05, 4.69) is 53.0 Å². The van der Waals surface area contributed by atoms with Gasteiger partial charge >= 0.3 is 0 Å². The largest absolute Gasteiger partial charge is 0.371 e. The van der Waals surface area contributed by atoms with E-state index >= 15 is 0 Å². The number of hydrogen-bond acceptors (Lipinski definition) is 4. The molecule has 1 atom stereocenters. The summed E-state index contributed by atoms with van der Waals surface area (Å²) in [5.41, 5.74) is 2.59. The van der Waals surface area contributed by atoms with Crippen molar-refractivity contribution in [2.24, 2.45) is 5.92 Å². The summed E-state index contributed by atoms with van der Waals surface area (Å²) in [6.45, 7) is 10.5. The molecule has 1 amide bonds. The van der Waals surface area contributed by atoms with Crippen LogP contribution in [-0.2, 0) is 0 Å². The van der Waals surface area contributed by atoms with Crippen molar-refractivity contribution in [1.82, 2.24) is 4.98 Å². The first-order valence-electron chi connectivity index (χ1n) is 9.48. The van der Waals surface area contributed by atoms with Crippen molar-refractivity contribution < 1.29 is 4.79 Å². The molecule has 0 radical (unpaired) electrons. The first-order valence-corrected chi connectivity index (χ1v) is 9.48. The average Bonchev–Trinajstić information content (AvgIpc) is 3.10. The van der Waals surface area contributed by atoms with Gasteiger partial charge in [-0.2, -0.15) is 0 Å². The summed E-state index contributed by atoms with van der Waals surface area (Å²) in [6.07, 6.45) is 2.89. The lowest BCUT2D eigenvalue weighted by atomic mass is 10.2. The fourth-order valence-electron chi connectivity index (χ4n) is 3.38. The summed E-state index contributed by atoms with van der Waals surface area (Å²) in [4.78, 5) is 21.4. The van der Waals surface area contributed by atoms with Crippen molar-refractivity contribution in [3.63, 3.8) is 0 Å². The van der Waals surface area contributed by atoms with Crippen LogP contribution >= 0.6 is 0 Å². The van der Waals surface area contributed by atoms with Crippen molar-refractivity contribution in [3.8, 4) is 0 Å². The Bertz CT molecular complexity index is 723. The topological polar surface area (TPSA) is 48.5 Å². The highest BCUT2D eigenvalue weighted by atomic mass is 16.1. The molecule has 5 heteroatoms. The highest BCUT2D eigenvalue weighted by Gasteiger charge is 2.18. The van der Waals surface area contributed by atoms with E-state index in [4.69, 9.17) is 0 Å². The molecule has 5 nitrogen and oxygen atoms in total. The standard InChI is InChI=1S/C21H28N4O/c1-4-24(5-2)20-11-6-17(14-22-20)21(26)23-18-7-9-19(10-8-18)25-13-12-16(3)15-25/h6-11,14,16H,4-5,12-13,15H2,1-3H3,(H,23,26). The summed E-state index contributed by atoms with van der Waals surface area (Å²) in [5.74, 6) is 1.52. The lowest BCUT2D eigenvalue weighted by Crippen LogP contribution is -2.23. The second kappa shape index (κ2) is 8.21. The monoisotopic (exact) mass is 352 g/mol. The molecule has 0 bridgehead atoms. The number of amides is 1. The summed E-state index contributed by atoms with van der Waals surface area (Å²) in [5, 5.41) is 2.95. The molecule has 1 aliphatic rings. The molecule has 1 aromatic heterocycles. The lowest BCUT2D eigenvalue weighted by molar-refractivity contribution is 0.102. The van der Waals surface area contributed by atoms with E-state index in [1.165, 1.54) is 12.1 Å². The molecule has 1 aromatic carbocycles. The first kappa shape index (κ1) is 18.2. The minimum Gasteiger partial charge on any atom is -0.371 e. The third-order valence-corrected chi connectivity index (χ3v) is 5.01. The van der Waals surface area contributed by atoms with Gasteiger partial charge in [0.25, 0.3) is 5.91 Å². The fourth-order valence-corrected chi connectivity index (χ4v) is 3.38. The van der Waals surface area contributed by atoms with Crippen molar-refractivity contribution in [1.29, 1.82) is 0 Å². The van der Waals surface area contributed by atoms with Gasteiger partial charge in [0.15, 0.2) is 0 Å². The summed E-state index contributed by atoms with van der Waals surface area (Å²) < 4.78 is 0. The molecule has 1 saturated heterocycles. The minimum absolute atomic E-state index is 0.133. The van der Waals surface area contributed by atoms with E-state index in [0.29, 0.717) is 5.56 Å². The normalized spacial score (nSPS) is 16.6. The smallest absolute Gasteiger partial charge is 0.257 e. The van der Waals surface area contributed by atoms with Gasteiger partial charge in [0, 0.05) is 43.8 Å². The number of carbonyl (C=O) groups is 1. The zero-order valence-corrected chi connectivity index (χ0v) is 15.9. The van der Waals surface area contributed by atoms with E-state index in [1.54, 1.807) is 6.20 Å². The fraction of sp³-hybridized carbons (Fsp3) is 0.429. The maximum Gasteiger partial charge on any atom is 0.257 e. The van der Waals surface area contributed by atoms with Crippen molar-refractivity contribution >= 4 is 23.1 Å². The lowest BCUT2D eigenvalue weighted by Gasteiger charge is -2.19. The number of rotatable bonds is 6. The quantitative estimate of drug-likeness (QED) is 0.853. The molecule has 1 N–H and O–H groups in total. The van der Waals surface area contributed by atoms with Crippen LogP contribution < -0.4 is 15.1 Å². The highest BCUT2D eigenvalue weighted by molar-refractivity contribution is 6.04. The van der Waals surface area contributed by atoms with Crippen LogP contribution in [0, 0.1) is 5.92 Å². The zero-order valence-electron chi connectivity index (χ0n) is 15.9. The van der Waals surface area contributed by atoms with E-state index in [9.17, 15) is 4.79 Å². The van der Waals surface area contributed by atoms with Crippen LogP contribution in [0.5, 0.6) is 0 Å². The van der Waals surface area contributed by atoms with Crippen molar-refractivity contribution in [2.75, 3.05) is 41.3 Å². The van der Waals surface area contributed by atoms with Crippen LogP contribution in [0.4, 0.5) is 17.2 Å². The van der Waals surface area contributed by atoms with Crippen molar-refractivity contribution in [2.45, 2.75) is 27.2 Å². The molecule has 0 aliphatic carbocycles. The number of hydrogen-bond donors (Lipinski definition) is 1. The molecule has 2 aromatic rings. The van der Waals surface area contributed by atoms with Gasteiger partial charge in [0.05, 0.1) is 5.56 Å². The molecule has 0 saturated carbocycles. The molecule has 1 fully saturated rings. The van der Waals surface area contributed by atoms with Crippen LogP contribution in [0.25, 0.3) is 0 Å². The maximum absolute atomic E-state index is 12.4. The second-order valence-electron chi connectivity index (χ2n) is 6.92. The molecule has 3 rings (SSSR count). The number of pyridine rings is 1. The van der Waals surface area contributed by atoms with Gasteiger partial charge in [-0.3, -0.25) is 4.79 Å². The van der Waals surface area contributed by atoms with Crippen LogP contribution in [0.2, 0.25) is 0 Å². The van der Waals surface area contributed by atoms with E-state index in [1.807, 2.05) is 24.3 Å². The molecule has 1 aliphatic heterocycles. The van der Waals surface area contributed by atoms with Crippen molar-refractivity contribution in [3.05, 3.63) is 48.2 Å². The second-order valence-corrected chi connectivity index (χ2v) is 6.92. The first-order chi connectivity index (χ1) is 12.6. The van der Waals surface area contributed by atoms with Gasteiger partial charge in [-0.15, -0.1) is 0 Å². The Morgan fingerprint density at radius 1 is 1.19 bits per heavy atom. The van der Waals surface area contributed by atoms with Crippen LogP contribution in [0.1, 0.15) is 37.6 Å². The summed E-state index contributed by atoms with van der Waals surface area (Å²) in [7, 11) is 0. The highest BCUT2D eigenvalue weighted by Crippen LogP contribution is 2.25. The molecular weight excluding hydrogens is 324 g/mol. The predicted octanol–water partition coefficient (Wildman–Crippen LogP) is 4.03. The molecule has 2 heterocycles. The van der Waals surface area contributed by atoms with Crippen LogP contribution in [-0.4, -0.2) is 37.1 Å². The third-order valence-electron chi connectivity index (χ3n) is 5.01. The minimum atomic E-state index is -0.133. The Hall–Kier alpha value is -2.56. The van der Waals surface area contributed by atoms with Gasteiger partial charge in [0.1, 0.15) is 5.82 Å². The van der Waals surface area contributed by atoms with E-state index < -0.39 is 0 Å². The number of aromatic nitrogens is 1. The number of carbonyl (C=O) groups excluding carboxylic acids is 1. The number of nitrogens with zero attached hydrogens (tertiary/aromatic N) is 3. The Kier molecular flexibility index (Phi) is 5.76. The van der Waals surface area contributed by atoms with Gasteiger partial charge in [-0.25, -0.2) is 4.98 Å². The number of benzene rings is 1. The Morgan fingerprint density at radius 2 is 1.92 bits per heavy atom. The Labute approximate surface area is 156 Å². The third kappa shape index (κ3) is 4.15. The Morgan fingerprint density at radius 3 is 2.46 bits per heavy atom. The SMILES string of the molecule is CCN(CC)c1ccc(C(=O)Nc2ccc(N3CCC(C)C3)cc2)cn1. The number of nitrogens with one attached hydrogen (secondary N) is 1. The molecular formula is C21H28N4O. The van der Waals surface area contributed by atoms with Crippen LogP contribution in [0.3, 0.4) is 0 Å². The van der Waals surface area contributed by atoms with E-state index in [-0.39, 0.29) is 5.91 Å². The summed E-state index contributed by atoms with van der Waals surface area (Å²) in [6, 6.07) is 11.8. The predicted molar refractivity (Wildman–Crippen MR) is 108 cm³/mol. The van der Waals surface area contributed by atoms with Gasteiger partial charge in [-0.05, 0) is 62.6 Å². The molecule has 1 unspecified atom stereocenters. The van der Waals surface area contributed by atoms with Gasteiger partial charge in [-0.1, -0.05) is 6.92 Å². The molecule has 138 valence electrons. The maximum atomic E-state index is 12.4. The van der Waals surface area contributed by atoms with E-state index in [0.717, 1.165) is 43.6 Å². The van der Waals surface area contributed by atoms with Gasteiger partial charge in [0.2, 0.25) is 0 Å². The van der Waals surface area contributed by atoms with Gasteiger partial charge < -0.3 is 15.1 Å². The number of anilines is 3. The average molecular weight is 352 g/mol. The Balaban J connectivity index is 1.62. The zero-order chi connectivity index (χ0) is 18.5. The molecule has 0 spiro atoms. The van der Waals surface area contributed by atoms with Crippen LogP contribution in [0.15, 0.2) is 42.6 Å². The molecule has 26 heavy (non-hydrogen) atoms.